The molecule has 0 saturated heterocycles. The molecule has 1 amide bonds. The number of anilines is 1. The van der Waals surface area contributed by atoms with Gasteiger partial charge in [0.05, 0.1) is 5.52 Å². The zero-order valence-corrected chi connectivity index (χ0v) is 17.9. The summed E-state index contributed by atoms with van der Waals surface area (Å²) in [5.74, 6) is 0.660. The van der Waals surface area contributed by atoms with Crippen LogP contribution in [0.5, 0.6) is 0 Å². The molecule has 1 saturated carbocycles. The highest BCUT2D eigenvalue weighted by molar-refractivity contribution is 9.10. The first-order valence-corrected chi connectivity index (χ1v) is 10.2. The number of benzene rings is 1. The molecule has 1 fully saturated rings. The van der Waals surface area contributed by atoms with Gasteiger partial charge in [-0.2, -0.15) is 0 Å². The predicted octanol–water partition coefficient (Wildman–Crippen LogP) is 4.95. The van der Waals surface area contributed by atoms with E-state index in [1.165, 1.54) is 0 Å². The number of nitrogens with zero attached hydrogens (tertiary/aromatic N) is 2. The fourth-order valence-electron chi connectivity index (χ4n) is 3.33. The lowest BCUT2D eigenvalue weighted by atomic mass is 9.91. The fraction of sp³-hybridized carbons (Fsp3) is 0.550. The third kappa shape index (κ3) is 5.31. The van der Waals surface area contributed by atoms with E-state index in [9.17, 15) is 4.79 Å². The molecule has 6 nitrogen and oxygen atoms in total. The van der Waals surface area contributed by atoms with Crippen LogP contribution in [0.15, 0.2) is 22.8 Å². The largest absolute Gasteiger partial charge is 0.444 e. The van der Waals surface area contributed by atoms with E-state index in [0.717, 1.165) is 46.6 Å². The van der Waals surface area contributed by atoms with Gasteiger partial charge in [0, 0.05) is 28.1 Å². The summed E-state index contributed by atoms with van der Waals surface area (Å²) < 4.78 is 6.40. The van der Waals surface area contributed by atoms with Crippen LogP contribution in [0.1, 0.15) is 52.0 Å². The minimum absolute atomic E-state index is 0.162. The van der Waals surface area contributed by atoms with Crippen LogP contribution in [0.3, 0.4) is 0 Å². The number of amides is 1. The molecule has 0 atom stereocenters. The molecule has 7 heteroatoms. The number of carbonyl (C=O) groups is 1. The Morgan fingerprint density at radius 2 is 1.85 bits per heavy atom. The standard InChI is InChI=1S/C20H27BrN4O2/c1-12-15-11-22-18(25-17(15)10-9-16(12)21)23-13-5-7-14(8-6-13)24-19(26)27-20(2,3)4/h9-11,13-14H,5-8H2,1-4H3,(H,24,26)(H,22,23,25). The first-order valence-electron chi connectivity index (χ1n) is 9.39. The SMILES string of the molecule is Cc1c(Br)ccc2nc(NC3CCC(NC(=O)OC(C)(C)C)CC3)ncc12. The van der Waals surface area contributed by atoms with E-state index in [1.807, 2.05) is 39.1 Å². The molecule has 0 unspecified atom stereocenters. The van der Waals surface area contributed by atoms with Gasteiger partial charge in [0.15, 0.2) is 0 Å². The summed E-state index contributed by atoms with van der Waals surface area (Å²) >= 11 is 3.54. The van der Waals surface area contributed by atoms with Gasteiger partial charge in [-0.3, -0.25) is 0 Å². The summed E-state index contributed by atoms with van der Waals surface area (Å²) in [6.45, 7) is 7.67. The van der Waals surface area contributed by atoms with Gasteiger partial charge in [-0.25, -0.2) is 14.8 Å². The monoisotopic (exact) mass is 434 g/mol. The third-order valence-electron chi connectivity index (χ3n) is 4.75. The molecule has 3 rings (SSSR count). The van der Waals surface area contributed by atoms with Crippen molar-refractivity contribution >= 4 is 38.9 Å². The molecule has 1 aromatic carbocycles. The molecule has 2 N–H and O–H groups in total. The average molecular weight is 435 g/mol. The maximum Gasteiger partial charge on any atom is 0.407 e. The molecule has 0 aliphatic heterocycles. The quantitative estimate of drug-likeness (QED) is 0.714. The normalized spacial score (nSPS) is 20.3. The van der Waals surface area contributed by atoms with E-state index < -0.39 is 5.60 Å². The van der Waals surface area contributed by atoms with Crippen molar-refractivity contribution in [2.45, 2.75) is 71.1 Å². The summed E-state index contributed by atoms with van der Waals surface area (Å²) in [5, 5.41) is 7.47. The van der Waals surface area contributed by atoms with Gasteiger partial charge in [-0.15, -0.1) is 0 Å². The number of ether oxygens (including phenoxy) is 1. The molecular formula is C20H27BrN4O2. The van der Waals surface area contributed by atoms with Crippen LogP contribution in [0.2, 0.25) is 0 Å². The van der Waals surface area contributed by atoms with Gasteiger partial charge in [0.25, 0.3) is 0 Å². The number of fused-ring (bicyclic) bond motifs is 1. The van der Waals surface area contributed by atoms with Crippen LogP contribution >= 0.6 is 15.9 Å². The van der Waals surface area contributed by atoms with E-state index in [0.29, 0.717) is 12.0 Å². The lowest BCUT2D eigenvalue weighted by molar-refractivity contribution is 0.0492. The molecule has 1 aliphatic rings. The minimum Gasteiger partial charge on any atom is -0.444 e. The van der Waals surface area contributed by atoms with Gasteiger partial charge in [0.1, 0.15) is 5.60 Å². The molecule has 1 heterocycles. The Kier molecular flexibility index (Phi) is 5.89. The van der Waals surface area contributed by atoms with Crippen LogP contribution in [-0.2, 0) is 4.74 Å². The highest BCUT2D eigenvalue weighted by Gasteiger charge is 2.25. The molecule has 2 aromatic rings. The summed E-state index contributed by atoms with van der Waals surface area (Å²) in [7, 11) is 0. The van der Waals surface area contributed by atoms with Crippen LogP contribution in [0, 0.1) is 6.92 Å². The second-order valence-corrected chi connectivity index (χ2v) is 8.99. The van der Waals surface area contributed by atoms with Gasteiger partial charge in [0.2, 0.25) is 5.95 Å². The number of nitrogens with one attached hydrogen (secondary N) is 2. The third-order valence-corrected chi connectivity index (χ3v) is 5.61. The highest BCUT2D eigenvalue weighted by atomic mass is 79.9. The molecule has 27 heavy (non-hydrogen) atoms. The van der Waals surface area contributed by atoms with Crippen LogP contribution in [-0.4, -0.2) is 33.7 Å². The first kappa shape index (κ1) is 19.9. The van der Waals surface area contributed by atoms with Gasteiger partial charge in [-0.1, -0.05) is 15.9 Å². The van der Waals surface area contributed by atoms with Crippen molar-refractivity contribution in [2.75, 3.05) is 5.32 Å². The number of rotatable bonds is 3. The Morgan fingerprint density at radius 1 is 1.19 bits per heavy atom. The molecule has 146 valence electrons. The van der Waals surface area contributed by atoms with Crippen molar-refractivity contribution in [1.82, 2.24) is 15.3 Å². The first-order chi connectivity index (χ1) is 12.7. The number of aryl methyl sites for hydroxylation is 1. The number of aromatic nitrogens is 2. The average Bonchev–Trinajstić information content (AvgIpc) is 2.58. The Hall–Kier alpha value is -1.89. The van der Waals surface area contributed by atoms with Gasteiger partial charge in [-0.05, 0) is 71.1 Å². The van der Waals surface area contributed by atoms with Crippen LogP contribution in [0.4, 0.5) is 10.7 Å². The molecule has 1 aliphatic carbocycles. The van der Waals surface area contributed by atoms with E-state index in [2.05, 4.69) is 43.5 Å². The smallest absolute Gasteiger partial charge is 0.407 e. The zero-order valence-electron chi connectivity index (χ0n) is 16.3. The van der Waals surface area contributed by atoms with E-state index in [1.54, 1.807) is 0 Å². The van der Waals surface area contributed by atoms with Crippen molar-refractivity contribution < 1.29 is 9.53 Å². The molecule has 0 bridgehead atoms. The number of halogens is 1. The zero-order chi connectivity index (χ0) is 19.6. The predicted molar refractivity (Wildman–Crippen MR) is 111 cm³/mol. The van der Waals surface area contributed by atoms with E-state index in [-0.39, 0.29) is 12.1 Å². The Morgan fingerprint density at radius 3 is 2.52 bits per heavy atom. The molecule has 0 spiro atoms. The minimum atomic E-state index is -0.468. The van der Waals surface area contributed by atoms with Crippen molar-refractivity contribution in [3.05, 3.63) is 28.4 Å². The van der Waals surface area contributed by atoms with Gasteiger partial charge < -0.3 is 15.4 Å². The van der Waals surface area contributed by atoms with E-state index in [4.69, 9.17) is 4.74 Å². The highest BCUT2D eigenvalue weighted by Crippen LogP contribution is 2.26. The number of alkyl carbamates (subject to hydrolysis) is 1. The second kappa shape index (κ2) is 8.00. The maximum absolute atomic E-state index is 11.9. The molecule has 0 radical (unpaired) electrons. The fourth-order valence-corrected chi connectivity index (χ4v) is 3.67. The van der Waals surface area contributed by atoms with Crippen LogP contribution in [0.25, 0.3) is 10.9 Å². The summed E-state index contributed by atoms with van der Waals surface area (Å²) in [6, 6.07) is 4.49. The number of carbonyl (C=O) groups excluding carboxylic acids is 1. The lowest BCUT2D eigenvalue weighted by Crippen LogP contribution is -2.42. The Labute approximate surface area is 168 Å². The van der Waals surface area contributed by atoms with Crippen molar-refractivity contribution in [2.24, 2.45) is 0 Å². The topological polar surface area (TPSA) is 76.1 Å². The lowest BCUT2D eigenvalue weighted by Gasteiger charge is -2.30. The Bertz CT molecular complexity index is 827. The van der Waals surface area contributed by atoms with Crippen LogP contribution < -0.4 is 10.6 Å². The van der Waals surface area contributed by atoms with E-state index >= 15 is 0 Å². The molecular weight excluding hydrogens is 408 g/mol. The van der Waals surface area contributed by atoms with Crippen molar-refractivity contribution in [3.8, 4) is 0 Å². The summed E-state index contributed by atoms with van der Waals surface area (Å²) in [4.78, 5) is 21.0. The van der Waals surface area contributed by atoms with Crippen molar-refractivity contribution in [3.63, 3.8) is 0 Å². The maximum atomic E-state index is 11.9. The van der Waals surface area contributed by atoms with Crippen molar-refractivity contribution in [1.29, 1.82) is 0 Å². The van der Waals surface area contributed by atoms with Gasteiger partial charge >= 0.3 is 6.09 Å². The summed E-state index contributed by atoms with van der Waals surface area (Å²) in [5.41, 5.74) is 1.62. The Balaban J connectivity index is 1.54. The second-order valence-electron chi connectivity index (χ2n) is 8.14. The number of hydrogen-bond donors (Lipinski definition) is 2. The summed E-state index contributed by atoms with van der Waals surface area (Å²) in [6.07, 6.45) is 5.29. The molecule has 1 aromatic heterocycles. The number of hydrogen-bond acceptors (Lipinski definition) is 5.